The minimum Gasteiger partial charge on any atom is -0.272 e. The number of rotatable bonds is 1. The van der Waals surface area contributed by atoms with Crippen LogP contribution in [0.15, 0.2) is 28.7 Å². The van der Waals surface area contributed by atoms with Gasteiger partial charge in [-0.3, -0.25) is 9.63 Å². The molecule has 1 aromatic rings. The molecule has 1 aliphatic heterocycles. The molecule has 0 bridgehead atoms. The Morgan fingerprint density at radius 3 is 2.54 bits per heavy atom. The molecule has 13 heavy (non-hydrogen) atoms. The van der Waals surface area contributed by atoms with E-state index in [1.165, 1.54) is 5.06 Å². The number of hydroxylamine groups is 1. The maximum Gasteiger partial charge on any atom is 0.253 e. The molecule has 0 saturated carbocycles. The number of hydrogen-bond acceptors (Lipinski definition) is 2. The minimum atomic E-state index is 0.0160. The third-order valence-corrected chi connectivity index (χ3v) is 2.35. The van der Waals surface area contributed by atoms with Crippen molar-refractivity contribution in [1.29, 1.82) is 0 Å². The summed E-state index contributed by atoms with van der Waals surface area (Å²) in [6, 6.07) is 7.44. The number of carbonyl (C=O) groups excluding carboxylic acids is 1. The summed E-state index contributed by atoms with van der Waals surface area (Å²) in [4.78, 5) is 16.4. The number of anilines is 1. The predicted molar refractivity (Wildman–Crippen MR) is 52.2 cm³/mol. The molecule has 1 aliphatic rings. The van der Waals surface area contributed by atoms with Gasteiger partial charge in [-0.25, -0.2) is 0 Å². The fourth-order valence-electron chi connectivity index (χ4n) is 1.19. The summed E-state index contributed by atoms with van der Waals surface area (Å²) in [5.41, 5.74) is 0.783. The van der Waals surface area contributed by atoms with Gasteiger partial charge in [-0.05, 0) is 24.3 Å². The normalized spacial score (nSPS) is 16.7. The lowest BCUT2D eigenvalue weighted by Crippen LogP contribution is -2.21. The lowest BCUT2D eigenvalue weighted by atomic mass is 10.3. The highest BCUT2D eigenvalue weighted by molar-refractivity contribution is 9.10. The van der Waals surface area contributed by atoms with Gasteiger partial charge in [-0.15, -0.1) is 0 Å². The van der Waals surface area contributed by atoms with E-state index >= 15 is 0 Å². The van der Waals surface area contributed by atoms with Crippen LogP contribution >= 0.6 is 15.9 Å². The van der Waals surface area contributed by atoms with Crippen LogP contribution < -0.4 is 5.06 Å². The Morgan fingerprint density at radius 1 is 1.31 bits per heavy atom. The van der Waals surface area contributed by atoms with Crippen LogP contribution in [0.5, 0.6) is 0 Å². The first-order valence-electron chi connectivity index (χ1n) is 3.99. The van der Waals surface area contributed by atoms with Gasteiger partial charge in [0.05, 0.1) is 18.7 Å². The highest BCUT2D eigenvalue weighted by Crippen LogP contribution is 2.21. The third-order valence-electron chi connectivity index (χ3n) is 1.82. The van der Waals surface area contributed by atoms with Crippen LogP contribution in [0.2, 0.25) is 0 Å². The maximum atomic E-state index is 11.2. The Labute approximate surface area is 84.4 Å². The highest BCUT2D eigenvalue weighted by atomic mass is 79.9. The first-order valence-corrected chi connectivity index (χ1v) is 4.78. The molecule has 1 aromatic carbocycles. The van der Waals surface area contributed by atoms with E-state index in [1.807, 2.05) is 24.3 Å². The largest absolute Gasteiger partial charge is 0.272 e. The Hall–Kier alpha value is -0.870. The van der Waals surface area contributed by atoms with Crippen LogP contribution in [0.3, 0.4) is 0 Å². The molecular weight excluding hydrogens is 234 g/mol. The van der Waals surface area contributed by atoms with E-state index in [0.29, 0.717) is 13.0 Å². The fourth-order valence-corrected chi connectivity index (χ4v) is 1.46. The minimum absolute atomic E-state index is 0.0160. The number of halogens is 1. The van der Waals surface area contributed by atoms with E-state index in [2.05, 4.69) is 15.9 Å². The second-order valence-electron chi connectivity index (χ2n) is 2.75. The van der Waals surface area contributed by atoms with Crippen LogP contribution in [0.4, 0.5) is 5.69 Å². The number of nitrogens with zero attached hydrogens (tertiary/aromatic N) is 1. The van der Waals surface area contributed by atoms with Crippen LogP contribution in [0.1, 0.15) is 6.42 Å². The monoisotopic (exact) mass is 241 g/mol. The van der Waals surface area contributed by atoms with E-state index in [-0.39, 0.29) is 5.91 Å². The molecule has 1 amide bonds. The van der Waals surface area contributed by atoms with Crippen molar-refractivity contribution >= 4 is 27.5 Å². The Kier molecular flexibility index (Phi) is 2.33. The summed E-state index contributed by atoms with van der Waals surface area (Å²) in [7, 11) is 0. The molecule has 0 aromatic heterocycles. The van der Waals surface area contributed by atoms with Gasteiger partial charge in [-0.1, -0.05) is 15.9 Å². The van der Waals surface area contributed by atoms with E-state index in [0.717, 1.165) is 10.2 Å². The molecule has 0 atom stereocenters. The number of benzene rings is 1. The molecule has 1 saturated heterocycles. The fraction of sp³-hybridized carbons (Fsp3) is 0.222. The van der Waals surface area contributed by atoms with Crippen LogP contribution in [0, 0.1) is 0 Å². The Balaban J connectivity index is 2.25. The van der Waals surface area contributed by atoms with Crippen molar-refractivity contribution in [3.63, 3.8) is 0 Å². The molecule has 68 valence electrons. The molecule has 0 spiro atoms. The maximum absolute atomic E-state index is 11.2. The second kappa shape index (κ2) is 3.47. The smallest absolute Gasteiger partial charge is 0.253 e. The van der Waals surface area contributed by atoms with Gasteiger partial charge in [0.1, 0.15) is 0 Å². The lowest BCUT2D eigenvalue weighted by molar-refractivity contribution is -0.119. The zero-order valence-electron chi connectivity index (χ0n) is 6.87. The standard InChI is InChI=1S/C9H8BrNO2/c10-7-1-3-8(4-2-7)11-9(12)5-6-13-11/h1-4H,5-6H2. The van der Waals surface area contributed by atoms with Crippen molar-refractivity contribution < 1.29 is 9.63 Å². The quantitative estimate of drug-likeness (QED) is 0.754. The van der Waals surface area contributed by atoms with Gasteiger partial charge in [-0.2, -0.15) is 5.06 Å². The summed E-state index contributed by atoms with van der Waals surface area (Å²) in [5, 5.41) is 1.34. The number of carbonyl (C=O) groups is 1. The molecule has 0 radical (unpaired) electrons. The second-order valence-corrected chi connectivity index (χ2v) is 3.66. The molecule has 0 aliphatic carbocycles. The van der Waals surface area contributed by atoms with E-state index < -0.39 is 0 Å². The van der Waals surface area contributed by atoms with Crippen molar-refractivity contribution in [2.45, 2.75) is 6.42 Å². The van der Waals surface area contributed by atoms with Gasteiger partial charge < -0.3 is 0 Å². The van der Waals surface area contributed by atoms with Gasteiger partial charge in [0.25, 0.3) is 5.91 Å². The average molecular weight is 242 g/mol. The van der Waals surface area contributed by atoms with Crippen molar-refractivity contribution in [2.75, 3.05) is 11.7 Å². The highest BCUT2D eigenvalue weighted by Gasteiger charge is 2.22. The molecule has 4 heteroatoms. The SMILES string of the molecule is O=C1CCON1c1ccc(Br)cc1. The predicted octanol–water partition coefficient (Wildman–Crippen LogP) is 2.12. The Bertz CT molecular complexity index is 323. The molecule has 3 nitrogen and oxygen atoms in total. The van der Waals surface area contributed by atoms with E-state index in [4.69, 9.17) is 4.84 Å². The van der Waals surface area contributed by atoms with E-state index in [9.17, 15) is 4.79 Å². The number of amides is 1. The van der Waals surface area contributed by atoms with Gasteiger partial charge in [0.15, 0.2) is 0 Å². The summed E-state index contributed by atoms with van der Waals surface area (Å²) < 4.78 is 0.989. The van der Waals surface area contributed by atoms with E-state index in [1.54, 1.807) is 0 Å². The molecule has 1 heterocycles. The summed E-state index contributed by atoms with van der Waals surface area (Å²) in [6.07, 6.45) is 0.468. The summed E-state index contributed by atoms with van der Waals surface area (Å²) in [6.45, 7) is 0.481. The van der Waals surface area contributed by atoms with Crippen molar-refractivity contribution in [3.8, 4) is 0 Å². The Morgan fingerprint density at radius 2 is 2.00 bits per heavy atom. The van der Waals surface area contributed by atoms with Gasteiger partial charge in [0.2, 0.25) is 0 Å². The summed E-state index contributed by atoms with van der Waals surface area (Å²) in [5.74, 6) is 0.0160. The van der Waals surface area contributed by atoms with Crippen LogP contribution in [-0.4, -0.2) is 12.5 Å². The van der Waals surface area contributed by atoms with Gasteiger partial charge >= 0.3 is 0 Å². The summed E-state index contributed by atoms with van der Waals surface area (Å²) >= 11 is 3.32. The molecule has 1 fully saturated rings. The molecule has 0 unspecified atom stereocenters. The van der Waals surface area contributed by atoms with Gasteiger partial charge in [0, 0.05) is 4.47 Å². The lowest BCUT2D eigenvalue weighted by Gasteiger charge is -2.13. The average Bonchev–Trinajstić information content (AvgIpc) is 2.53. The van der Waals surface area contributed by atoms with Crippen LogP contribution in [-0.2, 0) is 9.63 Å². The van der Waals surface area contributed by atoms with Crippen molar-refractivity contribution in [2.24, 2.45) is 0 Å². The number of hydrogen-bond donors (Lipinski definition) is 0. The molecular formula is C9H8BrNO2. The zero-order chi connectivity index (χ0) is 9.26. The molecule has 0 N–H and O–H groups in total. The van der Waals surface area contributed by atoms with Crippen LogP contribution in [0.25, 0.3) is 0 Å². The zero-order valence-corrected chi connectivity index (χ0v) is 8.45. The van der Waals surface area contributed by atoms with Crippen molar-refractivity contribution in [1.82, 2.24) is 0 Å². The molecule has 2 rings (SSSR count). The first kappa shape index (κ1) is 8.72. The topological polar surface area (TPSA) is 29.5 Å². The first-order chi connectivity index (χ1) is 6.27. The van der Waals surface area contributed by atoms with Crippen molar-refractivity contribution in [3.05, 3.63) is 28.7 Å². The third kappa shape index (κ3) is 1.73.